The molecule has 1 heterocycles. The van der Waals surface area contributed by atoms with Crippen molar-refractivity contribution in [3.05, 3.63) is 0 Å². The van der Waals surface area contributed by atoms with Gasteiger partial charge in [0.1, 0.15) is 0 Å². The van der Waals surface area contributed by atoms with Crippen molar-refractivity contribution in [1.82, 2.24) is 10.2 Å². The van der Waals surface area contributed by atoms with E-state index in [4.69, 9.17) is 5.11 Å². The lowest BCUT2D eigenvalue weighted by Gasteiger charge is -2.17. The van der Waals surface area contributed by atoms with E-state index in [1.807, 2.05) is 0 Å². The van der Waals surface area contributed by atoms with Gasteiger partial charge in [0.25, 0.3) is 0 Å². The smallest absolute Gasteiger partial charge is 0.303 e. The quantitative estimate of drug-likeness (QED) is 0.629. The molecule has 1 rings (SSSR count). The number of carboxylic acid groups (broad SMARTS) is 1. The Labute approximate surface area is 112 Å². The van der Waals surface area contributed by atoms with Crippen molar-refractivity contribution in [2.45, 2.75) is 25.3 Å². The largest absolute Gasteiger partial charge is 0.481 e. The third-order valence-electron chi connectivity index (χ3n) is 2.94. The van der Waals surface area contributed by atoms with Crippen LogP contribution in [0, 0.1) is 0 Å². The molecule has 8 heteroatoms. The van der Waals surface area contributed by atoms with Crippen LogP contribution in [-0.4, -0.2) is 68.0 Å². The number of amides is 1. The molecule has 0 aromatic heterocycles. The second-order valence-electron chi connectivity index (χ2n) is 4.90. The molecule has 0 aromatic rings. The lowest BCUT2D eigenvalue weighted by molar-refractivity contribution is -0.137. The molecule has 1 atom stereocenters. The first kappa shape index (κ1) is 15.9. The molecule has 110 valence electrons. The fraction of sp³-hybridized carbons (Fsp3) is 0.818. The van der Waals surface area contributed by atoms with E-state index in [1.54, 1.807) is 11.9 Å². The van der Waals surface area contributed by atoms with E-state index in [0.29, 0.717) is 19.4 Å². The molecule has 1 aliphatic heterocycles. The minimum Gasteiger partial charge on any atom is -0.481 e. The third-order valence-corrected chi connectivity index (χ3v) is 4.71. The number of nitrogens with one attached hydrogen (secondary N) is 1. The molecule has 1 amide bonds. The van der Waals surface area contributed by atoms with Crippen LogP contribution in [0.15, 0.2) is 0 Å². The lowest BCUT2D eigenvalue weighted by Crippen LogP contribution is -2.41. The number of nitrogens with zero attached hydrogens (tertiary/aromatic N) is 1. The zero-order valence-corrected chi connectivity index (χ0v) is 11.8. The van der Waals surface area contributed by atoms with Gasteiger partial charge in [-0.3, -0.25) is 14.5 Å². The number of carbonyl (C=O) groups is 2. The molecule has 0 aromatic carbocycles. The number of aliphatic carboxylic acids is 1. The standard InChI is InChI=1S/C11H20N2O5S/c1-13(5-2-3-11(15)16)7-10(14)12-9-4-6-19(17,18)8-9/h9H,2-8H2,1H3,(H,12,14)(H,15,16). The summed E-state index contributed by atoms with van der Waals surface area (Å²) in [5, 5.41) is 11.2. The number of carboxylic acids is 1. The fourth-order valence-corrected chi connectivity index (χ4v) is 3.68. The van der Waals surface area contributed by atoms with Gasteiger partial charge < -0.3 is 10.4 Å². The Kier molecular flexibility index (Phi) is 5.74. The van der Waals surface area contributed by atoms with Crippen LogP contribution in [0.4, 0.5) is 0 Å². The first-order valence-electron chi connectivity index (χ1n) is 6.18. The molecule has 0 bridgehead atoms. The molecule has 7 nitrogen and oxygen atoms in total. The van der Waals surface area contributed by atoms with Gasteiger partial charge in [-0.15, -0.1) is 0 Å². The fourth-order valence-electron chi connectivity index (χ4n) is 2.01. The number of rotatable bonds is 7. The normalized spacial score (nSPS) is 21.5. The van der Waals surface area contributed by atoms with Crippen molar-refractivity contribution in [1.29, 1.82) is 0 Å². The lowest BCUT2D eigenvalue weighted by atomic mass is 10.2. The first-order valence-corrected chi connectivity index (χ1v) is 8.01. The second-order valence-corrected chi connectivity index (χ2v) is 7.13. The molecule has 1 saturated heterocycles. The molecular weight excluding hydrogens is 272 g/mol. The van der Waals surface area contributed by atoms with Crippen LogP contribution in [0.25, 0.3) is 0 Å². The summed E-state index contributed by atoms with van der Waals surface area (Å²) in [5.41, 5.74) is 0. The Balaban J connectivity index is 2.22. The minimum atomic E-state index is -2.99. The van der Waals surface area contributed by atoms with Crippen LogP contribution < -0.4 is 5.32 Å². The monoisotopic (exact) mass is 292 g/mol. The molecule has 1 fully saturated rings. The molecule has 0 radical (unpaired) electrons. The van der Waals surface area contributed by atoms with Gasteiger partial charge in [0.05, 0.1) is 18.1 Å². The predicted molar refractivity (Wildman–Crippen MR) is 69.6 cm³/mol. The van der Waals surface area contributed by atoms with E-state index in [2.05, 4.69) is 5.32 Å². The van der Waals surface area contributed by atoms with Gasteiger partial charge in [0.2, 0.25) is 5.91 Å². The topological polar surface area (TPSA) is 104 Å². The van der Waals surface area contributed by atoms with E-state index < -0.39 is 15.8 Å². The Morgan fingerprint density at radius 3 is 2.63 bits per heavy atom. The summed E-state index contributed by atoms with van der Waals surface area (Å²) in [5.74, 6) is -0.928. The summed E-state index contributed by atoms with van der Waals surface area (Å²) in [7, 11) is -1.26. The van der Waals surface area contributed by atoms with Gasteiger partial charge >= 0.3 is 5.97 Å². The van der Waals surface area contributed by atoms with E-state index in [1.165, 1.54) is 0 Å². The maximum absolute atomic E-state index is 11.7. The predicted octanol–water partition coefficient (Wildman–Crippen LogP) is -0.914. The maximum Gasteiger partial charge on any atom is 0.303 e. The molecule has 1 unspecified atom stereocenters. The number of sulfone groups is 1. The highest BCUT2D eigenvalue weighted by Gasteiger charge is 2.28. The second kappa shape index (κ2) is 6.85. The van der Waals surface area contributed by atoms with Crippen molar-refractivity contribution < 1.29 is 23.1 Å². The van der Waals surface area contributed by atoms with Crippen molar-refractivity contribution in [3.63, 3.8) is 0 Å². The van der Waals surface area contributed by atoms with E-state index >= 15 is 0 Å². The van der Waals surface area contributed by atoms with E-state index in [-0.39, 0.29) is 36.4 Å². The molecule has 0 spiro atoms. The zero-order chi connectivity index (χ0) is 14.5. The van der Waals surface area contributed by atoms with Crippen molar-refractivity contribution in [2.75, 3.05) is 31.6 Å². The van der Waals surface area contributed by atoms with Crippen LogP contribution in [0.1, 0.15) is 19.3 Å². The number of hydrogen-bond donors (Lipinski definition) is 2. The molecule has 0 aliphatic carbocycles. The Bertz CT molecular complexity index is 434. The number of likely N-dealkylation sites (N-methyl/N-ethyl adjacent to an activating group) is 1. The van der Waals surface area contributed by atoms with Crippen molar-refractivity contribution in [2.24, 2.45) is 0 Å². The molecule has 2 N–H and O–H groups in total. The average Bonchev–Trinajstić information content (AvgIpc) is 2.56. The van der Waals surface area contributed by atoms with Crippen molar-refractivity contribution in [3.8, 4) is 0 Å². The van der Waals surface area contributed by atoms with E-state index in [9.17, 15) is 18.0 Å². The summed E-state index contributed by atoms with van der Waals surface area (Å²) in [4.78, 5) is 23.7. The van der Waals surface area contributed by atoms with Crippen LogP contribution in [0.5, 0.6) is 0 Å². The maximum atomic E-state index is 11.7. The summed E-state index contributed by atoms with van der Waals surface area (Å²) in [6, 6.07) is -0.287. The number of carbonyl (C=O) groups excluding carboxylic acids is 1. The summed E-state index contributed by atoms with van der Waals surface area (Å²) in [6.07, 6.45) is 1.03. The van der Waals surface area contributed by atoms with Gasteiger partial charge in [-0.25, -0.2) is 8.42 Å². The van der Waals surface area contributed by atoms with Gasteiger partial charge in [0.15, 0.2) is 9.84 Å². The Morgan fingerprint density at radius 1 is 1.42 bits per heavy atom. The molecule has 0 saturated carbocycles. The summed E-state index contributed by atoms with van der Waals surface area (Å²) in [6.45, 7) is 0.666. The summed E-state index contributed by atoms with van der Waals surface area (Å²) >= 11 is 0. The van der Waals surface area contributed by atoms with Crippen LogP contribution in [0.2, 0.25) is 0 Å². The highest BCUT2D eigenvalue weighted by Crippen LogP contribution is 2.10. The van der Waals surface area contributed by atoms with E-state index in [0.717, 1.165) is 0 Å². The average molecular weight is 292 g/mol. The van der Waals surface area contributed by atoms with Gasteiger partial charge in [0, 0.05) is 12.5 Å². The first-order chi connectivity index (χ1) is 8.78. The highest BCUT2D eigenvalue weighted by atomic mass is 32.2. The van der Waals surface area contributed by atoms with Gasteiger partial charge in [-0.2, -0.15) is 0 Å². The Hall–Kier alpha value is -1.15. The van der Waals surface area contributed by atoms with Gasteiger partial charge in [-0.1, -0.05) is 0 Å². The SMILES string of the molecule is CN(CCCC(=O)O)CC(=O)NC1CCS(=O)(=O)C1. The molecule has 1 aliphatic rings. The molecule has 19 heavy (non-hydrogen) atoms. The summed E-state index contributed by atoms with van der Waals surface area (Å²) < 4.78 is 22.5. The van der Waals surface area contributed by atoms with Crippen LogP contribution in [0.3, 0.4) is 0 Å². The minimum absolute atomic E-state index is 0.0153. The zero-order valence-electron chi connectivity index (χ0n) is 11.0. The highest BCUT2D eigenvalue weighted by molar-refractivity contribution is 7.91. The number of hydrogen-bond acceptors (Lipinski definition) is 5. The Morgan fingerprint density at radius 2 is 2.11 bits per heavy atom. The third kappa shape index (κ3) is 6.53. The van der Waals surface area contributed by atoms with Gasteiger partial charge in [-0.05, 0) is 26.4 Å². The van der Waals surface area contributed by atoms with Crippen molar-refractivity contribution >= 4 is 21.7 Å². The molecular formula is C11H20N2O5S. The van der Waals surface area contributed by atoms with Crippen LogP contribution in [-0.2, 0) is 19.4 Å². The van der Waals surface area contributed by atoms with Crippen LogP contribution >= 0.6 is 0 Å².